The molecular formula is C15H21BrClN. The minimum absolute atomic E-state index is 0.573. The zero-order chi connectivity index (χ0) is 13.0. The van der Waals surface area contributed by atoms with Gasteiger partial charge in [-0.25, -0.2) is 0 Å². The minimum atomic E-state index is 0.573. The van der Waals surface area contributed by atoms with Crippen LogP contribution in [0.3, 0.4) is 0 Å². The van der Waals surface area contributed by atoms with Crippen molar-refractivity contribution in [3.8, 4) is 0 Å². The Morgan fingerprint density at radius 1 is 1.28 bits per heavy atom. The molecule has 0 N–H and O–H groups in total. The van der Waals surface area contributed by atoms with Crippen LogP contribution in [-0.4, -0.2) is 13.6 Å². The summed E-state index contributed by atoms with van der Waals surface area (Å²) < 4.78 is 1.10. The first-order valence-electron chi connectivity index (χ1n) is 6.76. The summed E-state index contributed by atoms with van der Waals surface area (Å²) in [6.45, 7) is 1.16. The predicted molar refractivity (Wildman–Crippen MR) is 83.5 cm³/mol. The van der Waals surface area contributed by atoms with Crippen molar-refractivity contribution < 1.29 is 0 Å². The van der Waals surface area contributed by atoms with E-state index >= 15 is 0 Å². The fourth-order valence-corrected chi connectivity index (χ4v) is 3.51. The number of hydrogen-bond acceptors (Lipinski definition) is 1. The van der Waals surface area contributed by atoms with Crippen molar-refractivity contribution in [2.24, 2.45) is 5.92 Å². The molecule has 1 aliphatic carbocycles. The van der Waals surface area contributed by atoms with Gasteiger partial charge in [-0.15, -0.1) is 11.6 Å². The van der Waals surface area contributed by atoms with E-state index in [1.165, 1.54) is 43.4 Å². The van der Waals surface area contributed by atoms with Crippen LogP contribution in [0.4, 0.5) is 5.69 Å². The van der Waals surface area contributed by atoms with Crippen molar-refractivity contribution in [1.29, 1.82) is 0 Å². The van der Waals surface area contributed by atoms with Crippen LogP contribution in [-0.2, 0) is 5.88 Å². The van der Waals surface area contributed by atoms with Gasteiger partial charge in [0.15, 0.2) is 0 Å². The molecule has 1 fully saturated rings. The number of halogens is 2. The normalized spacial score (nSPS) is 16.8. The summed E-state index contributed by atoms with van der Waals surface area (Å²) in [7, 11) is 2.19. The van der Waals surface area contributed by atoms with E-state index in [-0.39, 0.29) is 0 Å². The molecule has 1 aromatic rings. The maximum Gasteiger partial charge on any atom is 0.0494 e. The van der Waals surface area contributed by atoms with Gasteiger partial charge >= 0.3 is 0 Å². The Balaban J connectivity index is 2.05. The number of rotatable bonds is 4. The van der Waals surface area contributed by atoms with Gasteiger partial charge in [0, 0.05) is 29.6 Å². The molecule has 1 saturated carbocycles. The monoisotopic (exact) mass is 329 g/mol. The predicted octanol–water partition coefficient (Wildman–Crippen LogP) is 5.20. The van der Waals surface area contributed by atoms with Crippen molar-refractivity contribution >= 4 is 33.2 Å². The first kappa shape index (κ1) is 14.2. The fraction of sp³-hybridized carbons (Fsp3) is 0.600. The summed E-state index contributed by atoms with van der Waals surface area (Å²) in [6.07, 6.45) is 7.00. The first-order chi connectivity index (χ1) is 8.70. The topological polar surface area (TPSA) is 3.24 Å². The van der Waals surface area contributed by atoms with Gasteiger partial charge in [-0.05, 0) is 42.5 Å². The van der Waals surface area contributed by atoms with E-state index in [4.69, 9.17) is 11.6 Å². The zero-order valence-electron chi connectivity index (χ0n) is 11.0. The summed E-state index contributed by atoms with van der Waals surface area (Å²) >= 11 is 9.55. The van der Waals surface area contributed by atoms with Crippen molar-refractivity contribution in [2.45, 2.75) is 38.0 Å². The second-order valence-electron chi connectivity index (χ2n) is 5.29. The molecule has 100 valence electrons. The van der Waals surface area contributed by atoms with Crippen LogP contribution in [0.1, 0.15) is 37.7 Å². The van der Waals surface area contributed by atoms with Gasteiger partial charge in [-0.2, -0.15) is 0 Å². The van der Waals surface area contributed by atoms with E-state index in [1.807, 2.05) is 0 Å². The maximum absolute atomic E-state index is 6.04. The molecule has 0 unspecified atom stereocenters. The summed E-state index contributed by atoms with van der Waals surface area (Å²) in [5.41, 5.74) is 2.49. The summed E-state index contributed by atoms with van der Waals surface area (Å²) in [4.78, 5) is 2.38. The molecule has 1 nitrogen and oxygen atoms in total. The Hall–Kier alpha value is -0.210. The van der Waals surface area contributed by atoms with Gasteiger partial charge < -0.3 is 4.90 Å². The number of alkyl halides is 1. The first-order valence-corrected chi connectivity index (χ1v) is 8.09. The lowest BCUT2D eigenvalue weighted by Gasteiger charge is -2.29. The second-order valence-corrected chi connectivity index (χ2v) is 6.47. The molecule has 2 rings (SSSR count). The highest BCUT2D eigenvalue weighted by Gasteiger charge is 2.16. The lowest BCUT2D eigenvalue weighted by molar-refractivity contribution is 0.362. The molecular weight excluding hydrogens is 310 g/mol. The fourth-order valence-electron chi connectivity index (χ4n) is 2.89. The Morgan fingerprint density at radius 3 is 2.67 bits per heavy atom. The molecule has 3 heteroatoms. The van der Waals surface area contributed by atoms with Gasteiger partial charge in [0.05, 0.1) is 0 Å². The van der Waals surface area contributed by atoms with Crippen molar-refractivity contribution in [2.75, 3.05) is 18.5 Å². The highest BCUT2D eigenvalue weighted by molar-refractivity contribution is 9.10. The SMILES string of the molecule is CN(CC1CCCCC1)c1ccc(Br)cc1CCl. The van der Waals surface area contributed by atoms with Crippen LogP contribution in [0, 0.1) is 5.92 Å². The van der Waals surface area contributed by atoms with Crippen molar-refractivity contribution in [1.82, 2.24) is 0 Å². The number of benzene rings is 1. The van der Waals surface area contributed by atoms with Crippen LogP contribution in [0.15, 0.2) is 22.7 Å². The van der Waals surface area contributed by atoms with Crippen LogP contribution < -0.4 is 4.90 Å². The molecule has 0 heterocycles. The molecule has 1 aliphatic rings. The van der Waals surface area contributed by atoms with E-state index < -0.39 is 0 Å². The smallest absolute Gasteiger partial charge is 0.0494 e. The Labute approximate surface area is 124 Å². The molecule has 0 amide bonds. The van der Waals surface area contributed by atoms with E-state index in [0.717, 1.165) is 16.9 Å². The summed E-state index contributed by atoms with van der Waals surface area (Å²) in [5.74, 6) is 1.43. The Morgan fingerprint density at radius 2 is 2.00 bits per heavy atom. The van der Waals surface area contributed by atoms with Gasteiger partial charge in [-0.1, -0.05) is 35.2 Å². The van der Waals surface area contributed by atoms with E-state index in [2.05, 4.69) is 46.1 Å². The summed E-state index contributed by atoms with van der Waals surface area (Å²) in [6, 6.07) is 6.40. The Bertz CT molecular complexity index is 388. The average molecular weight is 331 g/mol. The largest absolute Gasteiger partial charge is 0.374 e. The van der Waals surface area contributed by atoms with Crippen molar-refractivity contribution in [3.05, 3.63) is 28.2 Å². The van der Waals surface area contributed by atoms with Crippen molar-refractivity contribution in [3.63, 3.8) is 0 Å². The minimum Gasteiger partial charge on any atom is -0.374 e. The molecule has 0 aliphatic heterocycles. The zero-order valence-corrected chi connectivity index (χ0v) is 13.3. The molecule has 0 radical (unpaired) electrons. The van der Waals surface area contributed by atoms with Crippen LogP contribution in [0.25, 0.3) is 0 Å². The van der Waals surface area contributed by atoms with Gasteiger partial charge in [-0.3, -0.25) is 0 Å². The lowest BCUT2D eigenvalue weighted by Crippen LogP contribution is -2.27. The highest BCUT2D eigenvalue weighted by atomic mass is 79.9. The van der Waals surface area contributed by atoms with Crippen LogP contribution >= 0.6 is 27.5 Å². The van der Waals surface area contributed by atoms with Crippen LogP contribution in [0.2, 0.25) is 0 Å². The highest BCUT2D eigenvalue weighted by Crippen LogP contribution is 2.29. The number of anilines is 1. The molecule has 0 atom stereocenters. The Kier molecular flexibility index (Phi) is 5.38. The quantitative estimate of drug-likeness (QED) is 0.685. The molecule has 0 aromatic heterocycles. The second kappa shape index (κ2) is 6.81. The molecule has 1 aromatic carbocycles. The third-order valence-corrected chi connectivity index (χ3v) is 4.63. The molecule has 0 bridgehead atoms. The lowest BCUT2D eigenvalue weighted by atomic mass is 9.89. The third-order valence-electron chi connectivity index (χ3n) is 3.85. The summed E-state index contributed by atoms with van der Waals surface area (Å²) in [5, 5.41) is 0. The van der Waals surface area contributed by atoms with E-state index in [1.54, 1.807) is 0 Å². The molecule has 18 heavy (non-hydrogen) atoms. The third kappa shape index (κ3) is 3.64. The van der Waals surface area contributed by atoms with Gasteiger partial charge in [0.25, 0.3) is 0 Å². The maximum atomic E-state index is 6.04. The van der Waals surface area contributed by atoms with E-state index in [9.17, 15) is 0 Å². The molecule has 0 saturated heterocycles. The number of nitrogens with zero attached hydrogens (tertiary/aromatic N) is 1. The van der Waals surface area contributed by atoms with E-state index in [0.29, 0.717) is 5.88 Å². The van der Waals surface area contributed by atoms with Crippen LogP contribution in [0.5, 0.6) is 0 Å². The molecule has 0 spiro atoms. The average Bonchev–Trinajstić information content (AvgIpc) is 2.39. The number of hydrogen-bond donors (Lipinski definition) is 0. The van der Waals surface area contributed by atoms with Gasteiger partial charge in [0.1, 0.15) is 0 Å². The standard InChI is InChI=1S/C15H21BrClN/c1-18(11-12-5-3-2-4-6-12)15-8-7-14(16)9-13(15)10-17/h7-9,12H,2-6,10-11H2,1H3. The van der Waals surface area contributed by atoms with Gasteiger partial charge in [0.2, 0.25) is 0 Å².